The molecule has 1 fully saturated rings. The van der Waals surface area contributed by atoms with Gasteiger partial charge in [-0.1, -0.05) is 17.2 Å². The predicted octanol–water partition coefficient (Wildman–Crippen LogP) is 3.31. The van der Waals surface area contributed by atoms with E-state index >= 15 is 0 Å². The number of hydroxylamine groups is 2. The van der Waals surface area contributed by atoms with Crippen LogP contribution >= 0.6 is 0 Å². The van der Waals surface area contributed by atoms with Gasteiger partial charge in [-0.05, 0) is 79.1 Å². The highest BCUT2D eigenvalue weighted by Crippen LogP contribution is 2.47. The van der Waals surface area contributed by atoms with Gasteiger partial charge in [0, 0.05) is 95.8 Å². The van der Waals surface area contributed by atoms with Crippen molar-refractivity contribution in [2.45, 2.75) is 83.2 Å². The van der Waals surface area contributed by atoms with E-state index < -0.39 is 23.9 Å². The van der Waals surface area contributed by atoms with Crippen LogP contribution in [0.3, 0.4) is 0 Å². The number of ether oxygens (including phenoxy) is 4. The molecule has 2 atom stereocenters. The molecule has 0 saturated carbocycles. The third-order valence-corrected chi connectivity index (χ3v) is 9.43. The highest BCUT2D eigenvalue weighted by atomic mass is 16.8. The molecule has 322 valence electrons. The monoisotopic (exact) mass is 825 g/mol. The molecule has 2 unspecified atom stereocenters. The lowest BCUT2D eigenvalue weighted by Crippen LogP contribution is -2.32. The first-order chi connectivity index (χ1) is 28.5. The zero-order valence-electron chi connectivity index (χ0n) is 33.6. The van der Waals surface area contributed by atoms with E-state index in [1.54, 1.807) is 31.4 Å². The molecule has 1 aliphatic carbocycles. The Balaban J connectivity index is 1.33. The van der Waals surface area contributed by atoms with Crippen LogP contribution < -0.4 is 21.3 Å². The van der Waals surface area contributed by atoms with Gasteiger partial charge in [0.1, 0.15) is 6.61 Å². The number of aliphatic hydroxyl groups is 1. The molecule has 2 aromatic carbocycles. The number of benzene rings is 2. The number of hydrogen-bond acceptors (Lipinski definition) is 13. The maximum absolute atomic E-state index is 12.9. The van der Waals surface area contributed by atoms with Gasteiger partial charge in [0.05, 0.1) is 19.3 Å². The summed E-state index contributed by atoms with van der Waals surface area (Å²) in [6.45, 7) is 4.11. The SMILES string of the molecule is COCCCOCCNC(=O)CCCC(=O)Nc1ccc2c(c1)C(COC(=O)ON1C(=O)CCC1=O)c1cc(NC(=O)CCCC(=O)NCCOC(C)CCO)ccc1-2. The van der Waals surface area contributed by atoms with Crippen LogP contribution in [-0.2, 0) is 52.6 Å². The van der Waals surface area contributed by atoms with Gasteiger partial charge >= 0.3 is 6.16 Å². The number of aliphatic hydroxyl groups excluding tert-OH is 1. The third-order valence-electron chi connectivity index (χ3n) is 9.43. The first-order valence-corrected chi connectivity index (χ1v) is 19.9. The first kappa shape index (κ1) is 46.3. The molecule has 1 aliphatic heterocycles. The van der Waals surface area contributed by atoms with Crippen molar-refractivity contribution in [3.8, 4) is 11.1 Å². The van der Waals surface area contributed by atoms with E-state index in [0.29, 0.717) is 86.3 Å². The quantitative estimate of drug-likeness (QED) is 0.0521. The van der Waals surface area contributed by atoms with Crippen molar-refractivity contribution < 1.29 is 62.5 Å². The topological polar surface area (TPSA) is 237 Å². The Hall–Kier alpha value is -5.43. The molecule has 2 aromatic rings. The number of amides is 6. The smallest absolute Gasteiger partial charge is 0.432 e. The molecule has 1 saturated heterocycles. The largest absolute Gasteiger partial charge is 0.533 e. The molecule has 4 rings (SSSR count). The molecule has 59 heavy (non-hydrogen) atoms. The van der Waals surface area contributed by atoms with Crippen LogP contribution in [0.5, 0.6) is 0 Å². The minimum Gasteiger partial charge on any atom is -0.432 e. The number of methoxy groups -OCH3 is 1. The molecule has 18 nitrogen and oxygen atoms in total. The number of hydrogen-bond donors (Lipinski definition) is 5. The summed E-state index contributed by atoms with van der Waals surface area (Å²) in [7, 11) is 1.62. The van der Waals surface area contributed by atoms with Crippen molar-refractivity contribution in [3.05, 3.63) is 47.5 Å². The Kier molecular flexibility index (Phi) is 19.2. The second kappa shape index (κ2) is 24.5. The van der Waals surface area contributed by atoms with Gasteiger partial charge in [0.2, 0.25) is 23.6 Å². The summed E-state index contributed by atoms with van der Waals surface area (Å²) >= 11 is 0. The molecule has 5 N–H and O–H groups in total. The number of anilines is 2. The molecule has 0 radical (unpaired) electrons. The minimum atomic E-state index is -1.25. The summed E-state index contributed by atoms with van der Waals surface area (Å²) in [5.41, 5.74) is 3.92. The van der Waals surface area contributed by atoms with Crippen LogP contribution in [0.15, 0.2) is 36.4 Å². The second-order valence-corrected chi connectivity index (χ2v) is 14.0. The van der Waals surface area contributed by atoms with Gasteiger partial charge in [0.25, 0.3) is 11.8 Å². The van der Waals surface area contributed by atoms with Crippen molar-refractivity contribution >= 4 is 53.0 Å². The molecular weight excluding hydrogens is 770 g/mol. The van der Waals surface area contributed by atoms with Gasteiger partial charge in [-0.3, -0.25) is 33.6 Å². The fraction of sp³-hybridized carbons (Fsp3) is 0.537. The molecule has 6 amide bonds. The molecule has 2 aliphatic rings. The summed E-state index contributed by atoms with van der Waals surface area (Å²) in [4.78, 5) is 91.7. The van der Waals surface area contributed by atoms with E-state index in [1.807, 2.05) is 19.1 Å². The Morgan fingerprint density at radius 2 is 1.29 bits per heavy atom. The van der Waals surface area contributed by atoms with E-state index in [2.05, 4.69) is 21.3 Å². The normalized spacial score (nSPS) is 14.6. The van der Waals surface area contributed by atoms with Crippen LogP contribution in [0.2, 0.25) is 0 Å². The zero-order valence-corrected chi connectivity index (χ0v) is 33.6. The van der Waals surface area contributed by atoms with E-state index in [4.69, 9.17) is 28.9 Å². The number of carbonyl (C=O) groups is 7. The van der Waals surface area contributed by atoms with E-state index in [0.717, 1.165) is 17.5 Å². The Bertz CT molecular complexity index is 1770. The highest BCUT2D eigenvalue weighted by molar-refractivity contribution is 6.01. The molecule has 0 bridgehead atoms. The van der Waals surface area contributed by atoms with E-state index in [1.165, 1.54) is 0 Å². The van der Waals surface area contributed by atoms with Gasteiger partial charge < -0.3 is 45.3 Å². The molecule has 0 spiro atoms. The summed E-state index contributed by atoms with van der Waals surface area (Å²) in [5, 5.41) is 20.6. The standard InChI is InChI=1S/C41H55N5O13/c1-27(16-19-47)57-23-18-43-36(49)7-4-9-38(51)45-29-11-13-31-30-12-10-28(44-37(50)8-3-6-35(48)42-17-22-56-21-5-20-55-2)24-32(30)34(33(31)25-29)26-58-41(54)59-46-39(52)14-15-40(46)53/h10-13,24-25,27,34,47H,3-9,14-23,26H2,1-2H3,(H,42,48)(H,43,49)(H,44,50)(H,45,51). The summed E-state index contributed by atoms with van der Waals surface area (Å²) < 4.78 is 21.3. The van der Waals surface area contributed by atoms with Gasteiger partial charge in [0.15, 0.2) is 0 Å². The van der Waals surface area contributed by atoms with Crippen LogP contribution in [0, 0.1) is 0 Å². The number of nitrogens with zero attached hydrogens (tertiary/aromatic N) is 1. The number of rotatable bonds is 26. The Morgan fingerprint density at radius 1 is 0.746 bits per heavy atom. The molecular formula is C41H55N5O13. The lowest BCUT2D eigenvalue weighted by atomic mass is 9.97. The third kappa shape index (κ3) is 15.4. The van der Waals surface area contributed by atoms with E-state index in [9.17, 15) is 33.6 Å². The van der Waals surface area contributed by atoms with Crippen LogP contribution in [0.1, 0.15) is 88.2 Å². The Labute approximate surface area is 342 Å². The fourth-order valence-corrected chi connectivity index (χ4v) is 6.43. The highest BCUT2D eigenvalue weighted by Gasteiger charge is 2.35. The predicted molar refractivity (Wildman–Crippen MR) is 213 cm³/mol. The summed E-state index contributed by atoms with van der Waals surface area (Å²) in [6, 6.07) is 10.6. The average molecular weight is 826 g/mol. The molecule has 18 heteroatoms. The maximum Gasteiger partial charge on any atom is 0.533 e. The lowest BCUT2D eigenvalue weighted by Gasteiger charge is -2.17. The molecule has 1 heterocycles. The summed E-state index contributed by atoms with van der Waals surface area (Å²) in [5.74, 6) is -2.91. The Morgan fingerprint density at radius 3 is 1.83 bits per heavy atom. The first-order valence-electron chi connectivity index (χ1n) is 19.9. The molecule has 0 aromatic heterocycles. The number of carbonyl (C=O) groups excluding carboxylic acids is 7. The minimum absolute atomic E-state index is 0.0231. The number of imide groups is 1. The summed E-state index contributed by atoms with van der Waals surface area (Å²) in [6.07, 6.45) is 0.878. The van der Waals surface area contributed by atoms with Crippen LogP contribution in [0.4, 0.5) is 16.2 Å². The van der Waals surface area contributed by atoms with Gasteiger partial charge in [-0.15, -0.1) is 0 Å². The van der Waals surface area contributed by atoms with Gasteiger partial charge in [-0.25, -0.2) is 4.79 Å². The van der Waals surface area contributed by atoms with Crippen molar-refractivity contribution in [1.82, 2.24) is 15.7 Å². The van der Waals surface area contributed by atoms with Crippen molar-refractivity contribution in [2.24, 2.45) is 0 Å². The van der Waals surface area contributed by atoms with Crippen LogP contribution in [-0.4, -0.2) is 118 Å². The fourth-order valence-electron chi connectivity index (χ4n) is 6.43. The maximum atomic E-state index is 12.9. The zero-order chi connectivity index (χ0) is 42.6. The van der Waals surface area contributed by atoms with Gasteiger partial charge in [-0.2, -0.15) is 0 Å². The van der Waals surface area contributed by atoms with Crippen molar-refractivity contribution in [2.75, 3.05) is 70.5 Å². The number of fused-ring (bicyclic) bond motifs is 3. The van der Waals surface area contributed by atoms with Crippen molar-refractivity contribution in [3.63, 3.8) is 0 Å². The lowest BCUT2D eigenvalue weighted by molar-refractivity contribution is -0.177. The van der Waals surface area contributed by atoms with Crippen LogP contribution in [0.25, 0.3) is 11.1 Å². The number of nitrogens with one attached hydrogen (secondary N) is 4. The van der Waals surface area contributed by atoms with E-state index in [-0.39, 0.29) is 81.5 Å². The average Bonchev–Trinajstić information content (AvgIpc) is 3.68. The van der Waals surface area contributed by atoms with Crippen molar-refractivity contribution in [1.29, 1.82) is 0 Å². The second-order valence-electron chi connectivity index (χ2n) is 14.0.